The van der Waals surface area contributed by atoms with E-state index in [1.807, 2.05) is 19.1 Å². The van der Waals surface area contributed by atoms with Crippen LogP contribution in [0.1, 0.15) is 51.0 Å². The molecule has 2 aromatic carbocycles. The van der Waals surface area contributed by atoms with E-state index in [4.69, 9.17) is 0 Å². The van der Waals surface area contributed by atoms with Gasteiger partial charge in [0.25, 0.3) is 5.91 Å². The fraction of sp³-hybridized carbons (Fsp3) is 0.370. The normalized spacial score (nSPS) is 18.5. The van der Waals surface area contributed by atoms with Crippen molar-refractivity contribution in [2.45, 2.75) is 63.3 Å². The Morgan fingerprint density at radius 3 is 2.36 bits per heavy atom. The van der Waals surface area contributed by atoms with Crippen LogP contribution in [0.15, 0.2) is 65.1 Å². The van der Waals surface area contributed by atoms with Crippen molar-refractivity contribution in [1.29, 1.82) is 0 Å². The minimum atomic E-state index is -4.11. The van der Waals surface area contributed by atoms with E-state index in [1.54, 1.807) is 12.1 Å². The first-order valence-electron chi connectivity index (χ1n) is 12.2. The first kappa shape index (κ1) is 25.8. The lowest BCUT2D eigenvalue weighted by Crippen LogP contribution is -2.46. The van der Waals surface area contributed by atoms with Crippen molar-refractivity contribution in [1.82, 2.24) is 4.31 Å². The molecule has 1 saturated heterocycles. The highest BCUT2D eigenvalue weighted by Gasteiger charge is 2.46. The molecule has 190 valence electrons. The second-order valence-electron chi connectivity index (χ2n) is 9.30. The van der Waals surface area contributed by atoms with E-state index in [1.165, 1.54) is 41.1 Å². The summed E-state index contributed by atoms with van der Waals surface area (Å²) in [5.74, 6) is -1.23. The van der Waals surface area contributed by atoms with Crippen molar-refractivity contribution in [2.75, 3.05) is 16.8 Å². The van der Waals surface area contributed by atoms with Crippen molar-refractivity contribution < 1.29 is 22.8 Å². The number of allylic oxidation sites excluding steroid dienone is 1. The summed E-state index contributed by atoms with van der Waals surface area (Å²) >= 11 is 0. The Hall–Kier alpha value is -3.30. The Labute approximate surface area is 212 Å². The van der Waals surface area contributed by atoms with Crippen LogP contribution in [0, 0.1) is 6.92 Å². The molecule has 4 rings (SSSR count). The maximum atomic E-state index is 13.8. The fourth-order valence-corrected chi connectivity index (χ4v) is 6.27. The largest absolute Gasteiger partial charge is 0.326 e. The van der Waals surface area contributed by atoms with Crippen LogP contribution in [-0.4, -0.2) is 43.0 Å². The zero-order valence-electron chi connectivity index (χ0n) is 20.6. The van der Waals surface area contributed by atoms with Gasteiger partial charge in [0.05, 0.1) is 17.0 Å². The summed E-state index contributed by atoms with van der Waals surface area (Å²) in [7, 11) is -4.11. The molecule has 2 aromatic rings. The monoisotopic (exact) mass is 509 g/mol. The molecule has 1 heterocycles. The maximum absolute atomic E-state index is 13.8. The Kier molecular flexibility index (Phi) is 7.70. The van der Waals surface area contributed by atoms with E-state index in [0.29, 0.717) is 17.8 Å². The maximum Gasteiger partial charge on any atom is 0.252 e. The van der Waals surface area contributed by atoms with Gasteiger partial charge in [0.1, 0.15) is 6.04 Å². The average Bonchev–Trinajstić information content (AvgIpc) is 3.14. The van der Waals surface area contributed by atoms with Crippen molar-refractivity contribution in [3.63, 3.8) is 0 Å². The van der Waals surface area contributed by atoms with E-state index in [2.05, 4.69) is 11.4 Å². The smallest absolute Gasteiger partial charge is 0.252 e. The SMILES string of the molecule is CC(=O)Nc1ccc(S(=O)(=O)N(CCC2=CCCCC2)C2CC(=O)N(c3ccc(C)cc3)C2=O)cc1. The van der Waals surface area contributed by atoms with E-state index < -0.39 is 27.9 Å². The quantitative estimate of drug-likeness (QED) is 0.425. The molecule has 0 aromatic heterocycles. The summed E-state index contributed by atoms with van der Waals surface area (Å²) < 4.78 is 28.8. The van der Waals surface area contributed by atoms with E-state index in [-0.39, 0.29) is 23.8 Å². The highest BCUT2D eigenvalue weighted by atomic mass is 32.2. The van der Waals surface area contributed by atoms with Crippen LogP contribution in [0.2, 0.25) is 0 Å². The molecule has 0 saturated carbocycles. The highest BCUT2D eigenvalue weighted by Crippen LogP contribution is 2.31. The predicted octanol–water partition coefficient (Wildman–Crippen LogP) is 4.17. The first-order valence-corrected chi connectivity index (χ1v) is 13.6. The third-order valence-electron chi connectivity index (χ3n) is 6.58. The number of carbonyl (C=O) groups is 3. The van der Waals surface area contributed by atoms with Crippen molar-refractivity contribution in [3.05, 3.63) is 65.7 Å². The molecule has 1 unspecified atom stereocenters. The van der Waals surface area contributed by atoms with Crippen LogP contribution in [-0.2, 0) is 24.4 Å². The molecule has 2 aliphatic rings. The number of imide groups is 1. The molecule has 1 aliphatic carbocycles. The molecule has 3 amide bonds. The van der Waals surface area contributed by atoms with Crippen LogP contribution >= 0.6 is 0 Å². The summed E-state index contributed by atoms with van der Waals surface area (Å²) in [6, 6.07) is 11.7. The molecule has 36 heavy (non-hydrogen) atoms. The summed E-state index contributed by atoms with van der Waals surface area (Å²) in [6.07, 6.45) is 6.50. The number of carbonyl (C=O) groups excluding carboxylic acids is 3. The zero-order valence-corrected chi connectivity index (χ0v) is 21.4. The summed E-state index contributed by atoms with van der Waals surface area (Å²) in [6.45, 7) is 3.38. The Balaban J connectivity index is 1.65. The molecule has 1 atom stereocenters. The van der Waals surface area contributed by atoms with E-state index in [9.17, 15) is 22.8 Å². The van der Waals surface area contributed by atoms with Crippen LogP contribution in [0.4, 0.5) is 11.4 Å². The van der Waals surface area contributed by atoms with Crippen molar-refractivity contribution in [3.8, 4) is 0 Å². The lowest BCUT2D eigenvalue weighted by atomic mass is 9.97. The number of hydrogen-bond acceptors (Lipinski definition) is 5. The number of nitrogens with zero attached hydrogens (tertiary/aromatic N) is 2. The minimum Gasteiger partial charge on any atom is -0.326 e. The van der Waals surface area contributed by atoms with Crippen molar-refractivity contribution >= 4 is 39.1 Å². The third-order valence-corrected chi connectivity index (χ3v) is 8.50. The van der Waals surface area contributed by atoms with Gasteiger partial charge < -0.3 is 5.32 Å². The topological polar surface area (TPSA) is 104 Å². The fourth-order valence-electron chi connectivity index (χ4n) is 4.68. The molecule has 9 heteroatoms. The number of rotatable bonds is 8. The molecule has 0 spiro atoms. The summed E-state index contributed by atoms with van der Waals surface area (Å²) in [5, 5.41) is 2.62. The van der Waals surface area contributed by atoms with Gasteiger partial charge >= 0.3 is 0 Å². The molecule has 0 radical (unpaired) electrons. The predicted molar refractivity (Wildman–Crippen MR) is 138 cm³/mol. The van der Waals surface area contributed by atoms with Gasteiger partial charge in [-0.25, -0.2) is 13.3 Å². The standard InChI is InChI=1S/C27H31N3O5S/c1-19-8-12-23(13-9-19)30-26(32)18-25(27(30)33)29(17-16-21-6-4-3-5-7-21)36(34,35)24-14-10-22(11-15-24)28-20(2)31/h6,8-15,25H,3-5,7,16-18H2,1-2H3,(H,28,31). The molecule has 1 fully saturated rings. The van der Waals surface area contributed by atoms with Crippen LogP contribution in [0.5, 0.6) is 0 Å². The second kappa shape index (κ2) is 10.8. The number of nitrogens with one attached hydrogen (secondary N) is 1. The van der Waals surface area contributed by atoms with E-state index >= 15 is 0 Å². The number of amides is 3. The average molecular weight is 510 g/mol. The highest BCUT2D eigenvalue weighted by molar-refractivity contribution is 7.89. The van der Waals surface area contributed by atoms with Gasteiger partial charge in [-0.3, -0.25) is 14.4 Å². The molecule has 0 bridgehead atoms. The van der Waals surface area contributed by atoms with Crippen LogP contribution in [0.25, 0.3) is 0 Å². The van der Waals surface area contributed by atoms with Crippen molar-refractivity contribution in [2.24, 2.45) is 0 Å². The molecular formula is C27H31N3O5S. The van der Waals surface area contributed by atoms with Crippen LogP contribution < -0.4 is 10.2 Å². The lowest BCUT2D eigenvalue weighted by Gasteiger charge is -2.28. The third kappa shape index (κ3) is 5.57. The Morgan fingerprint density at radius 1 is 1.06 bits per heavy atom. The number of sulfonamides is 1. The number of aryl methyl sites for hydroxylation is 1. The van der Waals surface area contributed by atoms with Gasteiger partial charge in [0.2, 0.25) is 21.8 Å². The van der Waals surface area contributed by atoms with Gasteiger partial charge in [-0.1, -0.05) is 29.3 Å². The first-order chi connectivity index (χ1) is 17.2. The number of anilines is 2. The molecule has 1 aliphatic heterocycles. The summed E-state index contributed by atoms with van der Waals surface area (Å²) in [4.78, 5) is 38.8. The molecule has 8 nitrogen and oxygen atoms in total. The molecule has 1 N–H and O–H groups in total. The van der Waals surface area contributed by atoms with Gasteiger partial charge in [-0.15, -0.1) is 0 Å². The lowest BCUT2D eigenvalue weighted by molar-refractivity contribution is -0.122. The zero-order chi connectivity index (χ0) is 25.9. The Bertz CT molecular complexity index is 1280. The van der Waals surface area contributed by atoms with Gasteiger partial charge in [0.15, 0.2) is 0 Å². The number of hydrogen-bond donors (Lipinski definition) is 1. The molecular weight excluding hydrogens is 478 g/mol. The van der Waals surface area contributed by atoms with Crippen LogP contribution in [0.3, 0.4) is 0 Å². The van der Waals surface area contributed by atoms with E-state index in [0.717, 1.165) is 36.1 Å². The minimum absolute atomic E-state index is 0.00302. The van der Waals surface area contributed by atoms with Gasteiger partial charge in [0, 0.05) is 19.2 Å². The second-order valence-corrected chi connectivity index (χ2v) is 11.2. The summed E-state index contributed by atoms with van der Waals surface area (Å²) in [5.41, 5.74) is 3.07. The Morgan fingerprint density at radius 2 is 1.75 bits per heavy atom. The number of benzene rings is 2. The van der Waals surface area contributed by atoms with Gasteiger partial charge in [-0.05, 0) is 75.4 Å². The van der Waals surface area contributed by atoms with Gasteiger partial charge in [-0.2, -0.15) is 4.31 Å².